The highest BCUT2D eigenvalue weighted by Crippen LogP contribution is 2.35. The fourth-order valence-corrected chi connectivity index (χ4v) is 3.35. The minimum Gasteiger partial charge on any atom is -0.490 e. The number of nitrogens with zero attached hydrogens (tertiary/aromatic N) is 3. The smallest absolute Gasteiger partial charge is 0.266 e. The van der Waals surface area contributed by atoms with Crippen LogP contribution in [0.2, 0.25) is 0 Å². The van der Waals surface area contributed by atoms with E-state index in [0.717, 1.165) is 17.5 Å². The van der Waals surface area contributed by atoms with Crippen LogP contribution in [0.3, 0.4) is 0 Å². The van der Waals surface area contributed by atoms with Gasteiger partial charge in [0.05, 0.1) is 18.9 Å². The summed E-state index contributed by atoms with van der Waals surface area (Å²) in [6.45, 7) is 3.10. The van der Waals surface area contributed by atoms with Crippen LogP contribution in [0.4, 0.5) is 5.69 Å². The number of nitrogens with one attached hydrogen (secondary N) is 1. The van der Waals surface area contributed by atoms with Crippen molar-refractivity contribution in [1.29, 1.82) is 5.26 Å². The average Bonchev–Trinajstić information content (AvgIpc) is 2.97. The van der Waals surface area contributed by atoms with Crippen molar-refractivity contribution in [3.05, 3.63) is 65.4 Å². The molecule has 7 heteroatoms. The summed E-state index contributed by atoms with van der Waals surface area (Å²) in [6.07, 6.45) is 4.15. The Morgan fingerprint density at radius 3 is 2.74 bits per heavy atom. The molecule has 3 aromatic rings. The molecule has 7 nitrogen and oxygen atoms in total. The monoisotopic (exact) mass is 414 g/mol. The van der Waals surface area contributed by atoms with Crippen LogP contribution in [0.15, 0.2) is 54.2 Å². The molecule has 1 aliphatic heterocycles. The third-order valence-electron chi connectivity index (χ3n) is 4.94. The van der Waals surface area contributed by atoms with E-state index in [9.17, 15) is 10.1 Å². The molecule has 0 spiro atoms. The van der Waals surface area contributed by atoms with Gasteiger partial charge >= 0.3 is 0 Å². The molecule has 1 N–H and O–H groups in total. The summed E-state index contributed by atoms with van der Waals surface area (Å²) < 4.78 is 13.1. The number of rotatable bonds is 4. The van der Waals surface area contributed by atoms with Gasteiger partial charge in [0.25, 0.3) is 5.91 Å². The molecule has 0 saturated heterocycles. The number of ether oxygens (including phenoxy) is 2. The third kappa shape index (κ3) is 4.43. The Labute approximate surface area is 180 Å². The summed E-state index contributed by atoms with van der Waals surface area (Å²) in [5.74, 6) is 0.892. The third-order valence-corrected chi connectivity index (χ3v) is 4.94. The molecule has 1 aromatic heterocycles. The van der Waals surface area contributed by atoms with Crippen LogP contribution < -0.4 is 14.8 Å². The zero-order valence-corrected chi connectivity index (χ0v) is 17.4. The molecule has 0 saturated carbocycles. The summed E-state index contributed by atoms with van der Waals surface area (Å²) >= 11 is 0. The maximum Gasteiger partial charge on any atom is 0.266 e. The molecule has 0 atom stereocenters. The van der Waals surface area contributed by atoms with Crippen molar-refractivity contribution in [3.8, 4) is 28.8 Å². The molecule has 1 aliphatic rings. The minimum atomic E-state index is -0.467. The van der Waals surface area contributed by atoms with Crippen molar-refractivity contribution in [1.82, 2.24) is 9.78 Å². The number of aromatic nitrogens is 2. The van der Waals surface area contributed by atoms with Crippen molar-refractivity contribution >= 4 is 17.7 Å². The first-order chi connectivity index (χ1) is 15.0. The number of hydrogen-bond donors (Lipinski definition) is 1. The number of carbonyl (C=O) groups excluding carboxylic acids is 1. The van der Waals surface area contributed by atoms with Crippen molar-refractivity contribution in [2.45, 2.75) is 13.3 Å². The van der Waals surface area contributed by atoms with Gasteiger partial charge in [-0.15, -0.1) is 0 Å². The van der Waals surface area contributed by atoms with E-state index in [-0.39, 0.29) is 5.57 Å². The van der Waals surface area contributed by atoms with Crippen LogP contribution in [-0.4, -0.2) is 28.9 Å². The quantitative estimate of drug-likeness (QED) is 0.513. The Kier molecular flexibility index (Phi) is 5.72. The Morgan fingerprint density at radius 2 is 1.97 bits per heavy atom. The van der Waals surface area contributed by atoms with Gasteiger partial charge in [0, 0.05) is 36.5 Å². The first kappa shape index (κ1) is 20.2. The van der Waals surface area contributed by atoms with Crippen LogP contribution in [0.5, 0.6) is 11.5 Å². The second-order valence-electron chi connectivity index (χ2n) is 7.26. The zero-order chi connectivity index (χ0) is 21.8. The van der Waals surface area contributed by atoms with Gasteiger partial charge in [-0.05, 0) is 42.8 Å². The molecule has 156 valence electrons. The van der Waals surface area contributed by atoms with Crippen LogP contribution >= 0.6 is 0 Å². The largest absolute Gasteiger partial charge is 0.490 e. The summed E-state index contributed by atoms with van der Waals surface area (Å²) in [5.41, 5.74) is 3.70. The lowest BCUT2D eigenvalue weighted by atomic mass is 10.0. The number of fused-ring (bicyclic) bond motifs is 1. The second kappa shape index (κ2) is 8.76. The SMILES string of the molecule is Cc1ccccc1NC(=O)/C(C#N)=C/c1cn(C)nc1-c1ccc2c(c1)OCCCO2. The maximum absolute atomic E-state index is 12.7. The van der Waals surface area contributed by atoms with Crippen LogP contribution in [0.25, 0.3) is 17.3 Å². The van der Waals surface area contributed by atoms with Gasteiger partial charge in [-0.1, -0.05) is 18.2 Å². The Morgan fingerprint density at radius 1 is 1.19 bits per heavy atom. The van der Waals surface area contributed by atoms with Gasteiger partial charge in [0.2, 0.25) is 0 Å². The molecule has 0 radical (unpaired) electrons. The fraction of sp³-hybridized carbons (Fsp3) is 0.208. The number of carbonyl (C=O) groups is 1. The van der Waals surface area contributed by atoms with E-state index in [0.29, 0.717) is 41.7 Å². The topological polar surface area (TPSA) is 89.2 Å². The van der Waals surface area contributed by atoms with Gasteiger partial charge < -0.3 is 14.8 Å². The van der Waals surface area contributed by atoms with E-state index in [1.807, 2.05) is 49.4 Å². The molecule has 1 amide bonds. The van der Waals surface area contributed by atoms with E-state index in [1.165, 1.54) is 0 Å². The van der Waals surface area contributed by atoms with E-state index in [1.54, 1.807) is 30.1 Å². The van der Waals surface area contributed by atoms with Gasteiger partial charge in [-0.25, -0.2) is 0 Å². The summed E-state index contributed by atoms with van der Waals surface area (Å²) in [6, 6.07) is 15.1. The van der Waals surface area contributed by atoms with E-state index >= 15 is 0 Å². The maximum atomic E-state index is 12.7. The van der Waals surface area contributed by atoms with Gasteiger partial charge in [0.1, 0.15) is 11.6 Å². The van der Waals surface area contributed by atoms with Gasteiger partial charge in [-0.2, -0.15) is 10.4 Å². The van der Waals surface area contributed by atoms with E-state index in [2.05, 4.69) is 10.4 Å². The predicted octanol–water partition coefficient (Wildman–Crippen LogP) is 4.10. The highest BCUT2D eigenvalue weighted by Gasteiger charge is 2.17. The molecule has 0 fully saturated rings. The molecule has 31 heavy (non-hydrogen) atoms. The Balaban J connectivity index is 1.67. The Bertz CT molecular complexity index is 1200. The number of amides is 1. The van der Waals surface area contributed by atoms with Crippen LogP contribution in [0, 0.1) is 18.3 Å². The van der Waals surface area contributed by atoms with Crippen LogP contribution in [0.1, 0.15) is 17.5 Å². The van der Waals surface area contributed by atoms with Crippen LogP contribution in [-0.2, 0) is 11.8 Å². The number of nitriles is 1. The lowest BCUT2D eigenvalue weighted by Crippen LogP contribution is -2.14. The van der Waals surface area contributed by atoms with Crippen molar-refractivity contribution in [2.24, 2.45) is 7.05 Å². The lowest BCUT2D eigenvalue weighted by molar-refractivity contribution is -0.112. The van der Waals surface area contributed by atoms with Gasteiger partial charge in [-0.3, -0.25) is 9.48 Å². The molecule has 2 aromatic carbocycles. The number of hydrogen-bond acceptors (Lipinski definition) is 5. The molecule has 0 bridgehead atoms. The number of para-hydroxylation sites is 1. The predicted molar refractivity (Wildman–Crippen MR) is 118 cm³/mol. The van der Waals surface area contributed by atoms with Crippen molar-refractivity contribution < 1.29 is 14.3 Å². The molecule has 2 heterocycles. The van der Waals surface area contributed by atoms with Gasteiger partial charge in [0.15, 0.2) is 11.5 Å². The highest BCUT2D eigenvalue weighted by atomic mass is 16.5. The van der Waals surface area contributed by atoms with Crippen molar-refractivity contribution in [3.63, 3.8) is 0 Å². The number of aryl methyl sites for hydroxylation is 2. The first-order valence-corrected chi connectivity index (χ1v) is 9.97. The number of anilines is 1. The second-order valence-corrected chi connectivity index (χ2v) is 7.26. The summed E-state index contributed by atoms with van der Waals surface area (Å²) in [7, 11) is 1.79. The molecular weight excluding hydrogens is 392 g/mol. The first-order valence-electron chi connectivity index (χ1n) is 9.97. The summed E-state index contributed by atoms with van der Waals surface area (Å²) in [4.78, 5) is 12.7. The summed E-state index contributed by atoms with van der Waals surface area (Å²) in [5, 5.41) is 17.0. The normalized spacial score (nSPS) is 13.3. The van der Waals surface area contributed by atoms with E-state index in [4.69, 9.17) is 9.47 Å². The average molecular weight is 414 g/mol. The lowest BCUT2D eigenvalue weighted by Gasteiger charge is -2.09. The molecular formula is C24H22N4O3. The van der Waals surface area contributed by atoms with Crippen molar-refractivity contribution in [2.75, 3.05) is 18.5 Å². The minimum absolute atomic E-state index is 0.00755. The molecule has 0 unspecified atom stereocenters. The fourth-order valence-electron chi connectivity index (χ4n) is 3.35. The number of benzene rings is 2. The standard InChI is InChI=1S/C24H22N4O3/c1-16-6-3-4-7-20(16)26-24(29)18(14-25)12-19-15-28(2)27-23(19)17-8-9-21-22(13-17)31-11-5-10-30-21/h3-4,6-9,12-13,15H,5,10-11H2,1-2H3,(H,26,29)/b18-12+. The highest BCUT2D eigenvalue weighted by molar-refractivity contribution is 6.10. The Hall–Kier alpha value is -4.05. The molecule has 4 rings (SSSR count). The van der Waals surface area contributed by atoms with E-state index < -0.39 is 5.91 Å². The molecule has 0 aliphatic carbocycles. The zero-order valence-electron chi connectivity index (χ0n) is 17.4.